The summed E-state index contributed by atoms with van der Waals surface area (Å²) in [5.74, 6) is -2.25. The van der Waals surface area contributed by atoms with E-state index >= 15 is 0 Å². The standard InChI is InChI=1S/C20H26O6/c1-6-11(2)16(22)26-20(5)12-7-9-18(3)13(21)8-10-19(4,24)15(18)14(12)25-17(20)23/h6,8,10,12,14-15,24H,7,9H2,1-5H3. The van der Waals surface area contributed by atoms with Gasteiger partial charge in [0, 0.05) is 22.8 Å². The van der Waals surface area contributed by atoms with Crippen molar-refractivity contribution in [2.75, 3.05) is 0 Å². The van der Waals surface area contributed by atoms with E-state index in [-0.39, 0.29) is 5.78 Å². The Morgan fingerprint density at radius 1 is 1.35 bits per heavy atom. The van der Waals surface area contributed by atoms with E-state index in [1.807, 2.05) is 6.92 Å². The molecule has 1 N–H and O–H groups in total. The van der Waals surface area contributed by atoms with Crippen LogP contribution in [0.5, 0.6) is 0 Å². The van der Waals surface area contributed by atoms with Gasteiger partial charge in [0.2, 0.25) is 5.60 Å². The van der Waals surface area contributed by atoms with Crippen LogP contribution in [0.1, 0.15) is 47.5 Å². The van der Waals surface area contributed by atoms with Crippen molar-refractivity contribution >= 4 is 17.7 Å². The van der Waals surface area contributed by atoms with Crippen LogP contribution >= 0.6 is 0 Å². The molecule has 6 nitrogen and oxygen atoms in total. The number of allylic oxidation sites excluding steroid dienone is 2. The molecule has 0 bridgehead atoms. The third kappa shape index (κ3) is 2.46. The number of hydrogen-bond donors (Lipinski definition) is 1. The van der Waals surface area contributed by atoms with Gasteiger partial charge in [-0.1, -0.05) is 13.0 Å². The highest BCUT2D eigenvalue weighted by atomic mass is 16.6. The first-order valence-corrected chi connectivity index (χ1v) is 9.01. The molecule has 1 heterocycles. The van der Waals surface area contributed by atoms with E-state index in [4.69, 9.17) is 9.47 Å². The second-order valence-electron chi connectivity index (χ2n) is 8.30. The van der Waals surface area contributed by atoms with Crippen molar-refractivity contribution in [3.05, 3.63) is 23.8 Å². The predicted octanol–water partition coefficient (Wildman–Crippen LogP) is 2.10. The second kappa shape index (κ2) is 5.78. The van der Waals surface area contributed by atoms with Crippen molar-refractivity contribution in [3.63, 3.8) is 0 Å². The van der Waals surface area contributed by atoms with Crippen molar-refractivity contribution in [2.45, 2.75) is 64.8 Å². The zero-order valence-corrected chi connectivity index (χ0v) is 15.9. The largest absolute Gasteiger partial charge is 0.458 e. The van der Waals surface area contributed by atoms with Gasteiger partial charge in [-0.3, -0.25) is 4.79 Å². The zero-order valence-electron chi connectivity index (χ0n) is 15.9. The highest BCUT2D eigenvalue weighted by Crippen LogP contribution is 2.57. The molecule has 0 amide bonds. The minimum atomic E-state index is -1.42. The van der Waals surface area contributed by atoms with Gasteiger partial charge in [0.15, 0.2) is 5.78 Å². The molecule has 0 aromatic carbocycles. The maximum Gasteiger partial charge on any atom is 0.351 e. The maximum absolute atomic E-state index is 12.7. The summed E-state index contributed by atoms with van der Waals surface area (Å²) in [6.07, 6.45) is 4.82. The Hall–Kier alpha value is -1.95. The number of fused-ring (bicyclic) bond motifs is 3. The molecular weight excluding hydrogens is 336 g/mol. The first kappa shape index (κ1) is 18.8. The molecule has 0 aromatic heterocycles. The van der Waals surface area contributed by atoms with Crippen LogP contribution in [-0.2, 0) is 23.9 Å². The number of esters is 2. The van der Waals surface area contributed by atoms with Crippen LogP contribution in [0.25, 0.3) is 0 Å². The number of carbonyl (C=O) groups is 3. The number of ether oxygens (including phenoxy) is 2. The van der Waals surface area contributed by atoms with Crippen LogP contribution in [0.15, 0.2) is 23.8 Å². The van der Waals surface area contributed by atoms with Gasteiger partial charge in [-0.2, -0.15) is 0 Å². The molecule has 1 aliphatic heterocycles. The van der Waals surface area contributed by atoms with Crippen molar-refractivity contribution in [1.82, 2.24) is 0 Å². The van der Waals surface area contributed by atoms with Gasteiger partial charge >= 0.3 is 11.9 Å². The summed E-state index contributed by atoms with van der Waals surface area (Å²) in [4.78, 5) is 37.5. The van der Waals surface area contributed by atoms with Gasteiger partial charge in [-0.15, -0.1) is 0 Å². The Morgan fingerprint density at radius 3 is 2.62 bits per heavy atom. The third-order valence-electron chi connectivity index (χ3n) is 6.57. The Labute approximate surface area is 153 Å². The Balaban J connectivity index is 1.99. The lowest BCUT2D eigenvalue weighted by Crippen LogP contribution is -2.60. The number of carbonyl (C=O) groups excluding carboxylic acids is 3. The number of aliphatic hydroxyl groups is 1. The average molecular weight is 362 g/mol. The van der Waals surface area contributed by atoms with Crippen LogP contribution < -0.4 is 0 Å². The molecule has 6 heteroatoms. The van der Waals surface area contributed by atoms with Gasteiger partial charge < -0.3 is 14.6 Å². The van der Waals surface area contributed by atoms with Gasteiger partial charge in [-0.25, -0.2) is 9.59 Å². The monoisotopic (exact) mass is 362 g/mol. The van der Waals surface area contributed by atoms with E-state index in [2.05, 4.69) is 0 Å². The Kier molecular flexibility index (Phi) is 4.18. The van der Waals surface area contributed by atoms with Crippen molar-refractivity contribution in [1.29, 1.82) is 0 Å². The summed E-state index contributed by atoms with van der Waals surface area (Å²) >= 11 is 0. The molecule has 0 radical (unpaired) electrons. The highest BCUT2D eigenvalue weighted by molar-refractivity contribution is 5.97. The Bertz CT molecular complexity index is 733. The molecule has 26 heavy (non-hydrogen) atoms. The fraction of sp³-hybridized carbons (Fsp3) is 0.650. The van der Waals surface area contributed by atoms with E-state index in [0.29, 0.717) is 18.4 Å². The average Bonchev–Trinajstić information content (AvgIpc) is 2.80. The van der Waals surface area contributed by atoms with E-state index in [1.165, 1.54) is 12.2 Å². The summed E-state index contributed by atoms with van der Waals surface area (Å²) in [7, 11) is 0. The first-order chi connectivity index (χ1) is 12.0. The normalized spacial score (nSPS) is 45.0. The quantitative estimate of drug-likeness (QED) is 0.598. The van der Waals surface area contributed by atoms with Crippen LogP contribution in [-0.4, -0.2) is 40.1 Å². The lowest BCUT2D eigenvalue weighted by molar-refractivity contribution is -0.171. The highest BCUT2D eigenvalue weighted by Gasteiger charge is 2.68. The molecule has 6 atom stereocenters. The predicted molar refractivity (Wildman–Crippen MR) is 92.9 cm³/mol. The molecule has 142 valence electrons. The summed E-state index contributed by atoms with van der Waals surface area (Å²) < 4.78 is 11.2. The van der Waals surface area contributed by atoms with Gasteiger partial charge in [-0.05, 0) is 52.7 Å². The fourth-order valence-electron chi connectivity index (χ4n) is 4.80. The summed E-state index contributed by atoms with van der Waals surface area (Å²) in [5, 5.41) is 10.9. The van der Waals surface area contributed by atoms with E-state index in [0.717, 1.165) is 0 Å². The van der Waals surface area contributed by atoms with Crippen LogP contribution in [0, 0.1) is 17.3 Å². The number of rotatable bonds is 2. The number of hydrogen-bond acceptors (Lipinski definition) is 6. The first-order valence-electron chi connectivity index (χ1n) is 9.01. The minimum Gasteiger partial charge on any atom is -0.458 e. The van der Waals surface area contributed by atoms with Crippen molar-refractivity contribution in [3.8, 4) is 0 Å². The third-order valence-corrected chi connectivity index (χ3v) is 6.57. The number of ketones is 1. The van der Waals surface area contributed by atoms with Gasteiger partial charge in [0.25, 0.3) is 0 Å². The molecule has 0 spiro atoms. The summed E-state index contributed by atoms with van der Waals surface area (Å²) in [6, 6.07) is 0. The van der Waals surface area contributed by atoms with Crippen LogP contribution in [0.2, 0.25) is 0 Å². The lowest BCUT2D eigenvalue weighted by Gasteiger charge is -2.52. The van der Waals surface area contributed by atoms with Crippen molar-refractivity contribution < 1.29 is 29.0 Å². The SMILES string of the molecule is CC=C(C)C(=O)OC1(C)C(=O)OC2C3C(C)(O)C=CC(=O)C3(C)CCC21. The minimum absolute atomic E-state index is 0.0705. The molecule has 6 unspecified atom stereocenters. The smallest absolute Gasteiger partial charge is 0.351 e. The molecule has 3 aliphatic rings. The van der Waals surface area contributed by atoms with Gasteiger partial charge in [0.1, 0.15) is 6.10 Å². The molecule has 3 rings (SSSR count). The molecule has 1 saturated heterocycles. The molecule has 0 aromatic rings. The maximum atomic E-state index is 12.7. The topological polar surface area (TPSA) is 89.9 Å². The fourth-order valence-corrected chi connectivity index (χ4v) is 4.80. The van der Waals surface area contributed by atoms with E-state index in [9.17, 15) is 19.5 Å². The second-order valence-corrected chi connectivity index (χ2v) is 8.30. The molecular formula is C20H26O6. The van der Waals surface area contributed by atoms with E-state index < -0.39 is 46.5 Å². The lowest BCUT2D eigenvalue weighted by atomic mass is 9.53. The zero-order chi connectivity index (χ0) is 19.5. The van der Waals surface area contributed by atoms with Crippen molar-refractivity contribution in [2.24, 2.45) is 17.3 Å². The Morgan fingerprint density at radius 2 is 2.00 bits per heavy atom. The van der Waals surface area contributed by atoms with Crippen LogP contribution in [0.4, 0.5) is 0 Å². The molecule has 1 saturated carbocycles. The van der Waals surface area contributed by atoms with E-state index in [1.54, 1.807) is 33.8 Å². The summed E-state index contributed by atoms with van der Waals surface area (Å²) in [6.45, 7) is 8.35. The summed E-state index contributed by atoms with van der Waals surface area (Å²) in [5.41, 5.74) is -3.12. The van der Waals surface area contributed by atoms with Gasteiger partial charge in [0.05, 0.1) is 5.60 Å². The molecule has 2 aliphatic carbocycles. The van der Waals surface area contributed by atoms with Crippen LogP contribution in [0.3, 0.4) is 0 Å². The molecule has 2 fully saturated rings.